The predicted molar refractivity (Wildman–Crippen MR) is 91.4 cm³/mol. The number of rotatable bonds is 4. The molecule has 0 aromatic heterocycles. The standard InChI is InChI=1S/C20H22FNO2/c1-14-4-2-5-16(12-14)19(17-6-3-7-18(21)13-17)22-10-8-15(9-11-22)20(23)24/h2-7,12-13,15,19H,8-11H2,1H3,(H,23,24). The Balaban J connectivity index is 1.93. The molecule has 1 aliphatic heterocycles. The van der Waals surface area contributed by atoms with Crippen LogP contribution in [0, 0.1) is 18.7 Å². The van der Waals surface area contributed by atoms with Crippen molar-refractivity contribution in [2.24, 2.45) is 5.92 Å². The fourth-order valence-electron chi connectivity index (χ4n) is 3.54. The quantitative estimate of drug-likeness (QED) is 0.922. The van der Waals surface area contributed by atoms with E-state index in [2.05, 4.69) is 17.0 Å². The van der Waals surface area contributed by atoms with Crippen molar-refractivity contribution in [3.63, 3.8) is 0 Å². The minimum Gasteiger partial charge on any atom is -0.481 e. The summed E-state index contributed by atoms with van der Waals surface area (Å²) < 4.78 is 13.8. The van der Waals surface area contributed by atoms with Crippen molar-refractivity contribution < 1.29 is 14.3 Å². The molecule has 0 aliphatic carbocycles. The van der Waals surface area contributed by atoms with E-state index in [4.69, 9.17) is 0 Å². The molecule has 0 saturated carbocycles. The van der Waals surface area contributed by atoms with Crippen molar-refractivity contribution >= 4 is 5.97 Å². The van der Waals surface area contributed by atoms with Crippen LogP contribution in [0.5, 0.6) is 0 Å². The Kier molecular flexibility index (Phi) is 4.95. The van der Waals surface area contributed by atoms with E-state index >= 15 is 0 Å². The van der Waals surface area contributed by atoms with Gasteiger partial charge in [-0.2, -0.15) is 0 Å². The molecule has 126 valence electrons. The summed E-state index contributed by atoms with van der Waals surface area (Å²) in [6, 6.07) is 14.9. The Morgan fingerprint density at radius 2 is 1.75 bits per heavy atom. The second kappa shape index (κ2) is 7.14. The Morgan fingerprint density at radius 3 is 2.33 bits per heavy atom. The van der Waals surface area contributed by atoms with Gasteiger partial charge in [-0.1, -0.05) is 42.0 Å². The van der Waals surface area contributed by atoms with Gasteiger partial charge in [-0.15, -0.1) is 0 Å². The molecule has 0 radical (unpaired) electrons. The van der Waals surface area contributed by atoms with Gasteiger partial charge < -0.3 is 5.11 Å². The monoisotopic (exact) mass is 327 g/mol. The molecule has 24 heavy (non-hydrogen) atoms. The van der Waals surface area contributed by atoms with Crippen molar-refractivity contribution in [1.29, 1.82) is 0 Å². The summed E-state index contributed by atoms with van der Waals surface area (Å²) in [6.07, 6.45) is 1.26. The van der Waals surface area contributed by atoms with Gasteiger partial charge >= 0.3 is 5.97 Å². The van der Waals surface area contributed by atoms with Crippen LogP contribution < -0.4 is 0 Å². The fourth-order valence-corrected chi connectivity index (χ4v) is 3.54. The molecule has 1 unspecified atom stereocenters. The Bertz CT molecular complexity index is 678. The summed E-state index contributed by atoms with van der Waals surface area (Å²) >= 11 is 0. The molecule has 0 amide bonds. The molecule has 3 rings (SSSR count). The summed E-state index contributed by atoms with van der Waals surface area (Å²) in [6.45, 7) is 3.45. The van der Waals surface area contributed by atoms with Crippen LogP contribution in [0.15, 0.2) is 48.5 Å². The molecule has 1 fully saturated rings. The molecule has 0 spiro atoms. The number of hydrogen-bond acceptors (Lipinski definition) is 2. The van der Waals surface area contributed by atoms with E-state index in [1.807, 2.05) is 25.1 Å². The normalized spacial score (nSPS) is 17.6. The van der Waals surface area contributed by atoms with Crippen LogP contribution in [0.2, 0.25) is 0 Å². The van der Waals surface area contributed by atoms with Gasteiger partial charge in [0.1, 0.15) is 5.82 Å². The molecule has 2 aromatic rings. The number of halogens is 1. The number of nitrogens with zero attached hydrogens (tertiary/aromatic N) is 1. The van der Waals surface area contributed by atoms with E-state index < -0.39 is 5.97 Å². The van der Waals surface area contributed by atoms with Crippen LogP contribution in [0.1, 0.15) is 35.6 Å². The third-order valence-electron chi connectivity index (χ3n) is 4.77. The molecular formula is C20H22FNO2. The summed E-state index contributed by atoms with van der Waals surface area (Å²) in [4.78, 5) is 13.5. The van der Waals surface area contributed by atoms with Crippen LogP contribution in [0.25, 0.3) is 0 Å². The average Bonchev–Trinajstić information content (AvgIpc) is 2.56. The Labute approximate surface area is 141 Å². The van der Waals surface area contributed by atoms with Gasteiger partial charge in [-0.3, -0.25) is 9.69 Å². The highest BCUT2D eigenvalue weighted by molar-refractivity contribution is 5.70. The number of likely N-dealkylation sites (tertiary alicyclic amines) is 1. The van der Waals surface area contributed by atoms with Crippen molar-refractivity contribution in [2.45, 2.75) is 25.8 Å². The largest absolute Gasteiger partial charge is 0.481 e. The van der Waals surface area contributed by atoms with Crippen molar-refractivity contribution in [3.05, 3.63) is 71.0 Å². The number of carbonyl (C=O) groups is 1. The molecule has 0 bridgehead atoms. The predicted octanol–water partition coefficient (Wildman–Crippen LogP) is 4.02. The lowest BCUT2D eigenvalue weighted by molar-refractivity contribution is -0.143. The van der Waals surface area contributed by atoms with Gasteiger partial charge in [-0.05, 0) is 56.1 Å². The van der Waals surface area contributed by atoms with Crippen LogP contribution in [-0.4, -0.2) is 29.1 Å². The topological polar surface area (TPSA) is 40.5 Å². The number of benzene rings is 2. The summed E-state index contributed by atoms with van der Waals surface area (Å²) in [5.74, 6) is -1.23. The number of piperidine rings is 1. The molecular weight excluding hydrogens is 305 g/mol. The average molecular weight is 327 g/mol. The van der Waals surface area contributed by atoms with Gasteiger partial charge in [0.25, 0.3) is 0 Å². The first-order valence-corrected chi connectivity index (χ1v) is 8.33. The zero-order chi connectivity index (χ0) is 17.1. The van der Waals surface area contributed by atoms with Gasteiger partial charge in [0.15, 0.2) is 0 Å². The second-order valence-corrected chi connectivity index (χ2v) is 6.52. The van der Waals surface area contributed by atoms with E-state index in [0.717, 1.165) is 16.7 Å². The summed E-state index contributed by atoms with van der Waals surface area (Å²) in [5.41, 5.74) is 3.19. The molecule has 1 saturated heterocycles. The Morgan fingerprint density at radius 1 is 1.12 bits per heavy atom. The smallest absolute Gasteiger partial charge is 0.306 e. The third-order valence-corrected chi connectivity index (χ3v) is 4.77. The first-order chi connectivity index (χ1) is 11.5. The van der Waals surface area contributed by atoms with Crippen molar-refractivity contribution in [3.8, 4) is 0 Å². The first kappa shape index (κ1) is 16.7. The number of carboxylic acid groups (broad SMARTS) is 1. The molecule has 1 N–H and O–H groups in total. The van der Waals surface area contributed by atoms with Crippen molar-refractivity contribution in [2.75, 3.05) is 13.1 Å². The molecule has 1 heterocycles. The number of hydrogen-bond donors (Lipinski definition) is 1. The minimum atomic E-state index is -0.715. The maximum atomic E-state index is 13.8. The lowest BCUT2D eigenvalue weighted by Gasteiger charge is -2.37. The van der Waals surface area contributed by atoms with E-state index in [0.29, 0.717) is 25.9 Å². The van der Waals surface area contributed by atoms with Crippen LogP contribution in [0.4, 0.5) is 4.39 Å². The number of aryl methyl sites for hydroxylation is 1. The zero-order valence-electron chi connectivity index (χ0n) is 13.8. The van der Waals surface area contributed by atoms with Crippen LogP contribution in [-0.2, 0) is 4.79 Å². The van der Waals surface area contributed by atoms with Crippen molar-refractivity contribution in [1.82, 2.24) is 4.90 Å². The number of aliphatic carboxylic acids is 1. The summed E-state index contributed by atoms with van der Waals surface area (Å²) in [5, 5.41) is 9.20. The van der Waals surface area contributed by atoms with Gasteiger partial charge in [-0.25, -0.2) is 4.39 Å². The van der Waals surface area contributed by atoms with Crippen LogP contribution in [0.3, 0.4) is 0 Å². The molecule has 1 atom stereocenters. The second-order valence-electron chi connectivity index (χ2n) is 6.52. The van der Waals surface area contributed by atoms with Gasteiger partial charge in [0.05, 0.1) is 12.0 Å². The molecule has 3 nitrogen and oxygen atoms in total. The minimum absolute atomic E-state index is 0.0460. The van der Waals surface area contributed by atoms with Gasteiger partial charge in [0.2, 0.25) is 0 Å². The van der Waals surface area contributed by atoms with E-state index in [1.54, 1.807) is 12.1 Å². The first-order valence-electron chi connectivity index (χ1n) is 8.33. The Hall–Kier alpha value is -2.20. The SMILES string of the molecule is Cc1cccc(C(c2cccc(F)c2)N2CCC(C(=O)O)CC2)c1. The molecule has 2 aromatic carbocycles. The lowest BCUT2D eigenvalue weighted by Crippen LogP contribution is -2.39. The zero-order valence-corrected chi connectivity index (χ0v) is 13.8. The van der Waals surface area contributed by atoms with Gasteiger partial charge in [0, 0.05) is 0 Å². The molecule has 1 aliphatic rings. The molecule has 4 heteroatoms. The van der Waals surface area contributed by atoms with E-state index in [-0.39, 0.29) is 17.8 Å². The van der Waals surface area contributed by atoms with E-state index in [9.17, 15) is 14.3 Å². The highest BCUT2D eigenvalue weighted by atomic mass is 19.1. The fraction of sp³-hybridized carbons (Fsp3) is 0.350. The number of carboxylic acids is 1. The van der Waals surface area contributed by atoms with E-state index in [1.165, 1.54) is 6.07 Å². The highest BCUT2D eigenvalue weighted by Gasteiger charge is 2.30. The lowest BCUT2D eigenvalue weighted by atomic mass is 9.91. The van der Waals surface area contributed by atoms with Crippen LogP contribution >= 0.6 is 0 Å². The maximum Gasteiger partial charge on any atom is 0.306 e. The summed E-state index contributed by atoms with van der Waals surface area (Å²) in [7, 11) is 0. The highest BCUT2D eigenvalue weighted by Crippen LogP contribution is 2.33. The third kappa shape index (κ3) is 3.65. The maximum absolute atomic E-state index is 13.8.